The molecule has 4 nitrogen and oxygen atoms in total. The summed E-state index contributed by atoms with van der Waals surface area (Å²) >= 11 is 0. The Bertz CT molecular complexity index is 671. The molecule has 0 unspecified atom stereocenters. The van der Waals surface area contributed by atoms with Gasteiger partial charge in [-0.2, -0.15) is 5.26 Å². The molecule has 2 aromatic rings. The molecule has 0 bridgehead atoms. The molecule has 0 saturated heterocycles. The summed E-state index contributed by atoms with van der Waals surface area (Å²) in [6.45, 7) is 2.61. The number of rotatable bonds is 6. The highest BCUT2D eigenvalue weighted by molar-refractivity contribution is 5.91. The number of nitrogens with zero attached hydrogens (tertiary/aromatic N) is 1. The number of nitrogens with one attached hydrogen (secondary N) is 2. The summed E-state index contributed by atoms with van der Waals surface area (Å²) in [5, 5.41) is 14.9. The third-order valence-electron chi connectivity index (χ3n) is 3.37. The van der Waals surface area contributed by atoms with Gasteiger partial charge in [0.05, 0.1) is 11.6 Å². The van der Waals surface area contributed by atoms with Crippen molar-refractivity contribution in [2.75, 3.05) is 17.2 Å². The molecule has 2 N–H and O–H groups in total. The summed E-state index contributed by atoms with van der Waals surface area (Å²) in [6.07, 6.45) is 1.28. The Morgan fingerprint density at radius 3 is 2.55 bits per heavy atom. The highest BCUT2D eigenvalue weighted by atomic mass is 16.1. The molecule has 0 aromatic heterocycles. The smallest absolute Gasteiger partial charge is 0.226 e. The van der Waals surface area contributed by atoms with E-state index >= 15 is 0 Å². The van der Waals surface area contributed by atoms with Gasteiger partial charge < -0.3 is 10.6 Å². The summed E-state index contributed by atoms with van der Waals surface area (Å²) in [6, 6.07) is 17.1. The van der Waals surface area contributed by atoms with Crippen LogP contribution < -0.4 is 10.6 Å². The van der Waals surface area contributed by atoms with Gasteiger partial charge in [0, 0.05) is 24.3 Å². The van der Waals surface area contributed by atoms with Crippen molar-refractivity contribution in [3.63, 3.8) is 0 Å². The van der Waals surface area contributed by atoms with Crippen molar-refractivity contribution in [1.82, 2.24) is 0 Å². The number of benzene rings is 2. The van der Waals surface area contributed by atoms with Crippen LogP contribution in [-0.2, 0) is 11.2 Å². The van der Waals surface area contributed by atoms with Gasteiger partial charge >= 0.3 is 0 Å². The normalized spacial score (nSPS) is 9.82. The van der Waals surface area contributed by atoms with Crippen LogP contribution in [0.4, 0.5) is 11.4 Å². The molecule has 112 valence electrons. The van der Waals surface area contributed by atoms with Crippen molar-refractivity contribution >= 4 is 17.3 Å². The van der Waals surface area contributed by atoms with Gasteiger partial charge in [0.15, 0.2) is 0 Å². The summed E-state index contributed by atoms with van der Waals surface area (Å²) in [7, 11) is 0. The molecule has 2 rings (SSSR count). The molecule has 0 radical (unpaired) electrons. The van der Waals surface area contributed by atoms with Crippen molar-refractivity contribution < 1.29 is 4.79 Å². The lowest BCUT2D eigenvalue weighted by Gasteiger charge is -2.10. The van der Waals surface area contributed by atoms with Crippen molar-refractivity contribution in [3.8, 4) is 6.07 Å². The number of carbonyl (C=O) groups excluding carboxylic acids is 1. The van der Waals surface area contributed by atoms with Gasteiger partial charge in [0.1, 0.15) is 0 Å². The first-order valence-corrected chi connectivity index (χ1v) is 7.34. The minimum atomic E-state index is -0.0120. The van der Waals surface area contributed by atoms with Crippen molar-refractivity contribution in [3.05, 3.63) is 59.7 Å². The van der Waals surface area contributed by atoms with E-state index < -0.39 is 0 Å². The predicted octanol–water partition coefficient (Wildman–Crippen LogP) is 3.56. The fourth-order valence-corrected chi connectivity index (χ4v) is 2.15. The Labute approximate surface area is 130 Å². The monoisotopic (exact) mass is 293 g/mol. The second kappa shape index (κ2) is 7.84. The average molecular weight is 293 g/mol. The molecule has 1 amide bonds. The Morgan fingerprint density at radius 1 is 1.14 bits per heavy atom. The molecular formula is C18H19N3O. The summed E-state index contributed by atoms with van der Waals surface area (Å²) in [5.74, 6) is -0.0120. The van der Waals surface area contributed by atoms with Crippen LogP contribution in [0.15, 0.2) is 48.5 Å². The van der Waals surface area contributed by atoms with Gasteiger partial charge in [-0.05, 0) is 42.3 Å². The highest BCUT2D eigenvalue weighted by Crippen LogP contribution is 2.15. The van der Waals surface area contributed by atoms with E-state index in [-0.39, 0.29) is 5.91 Å². The van der Waals surface area contributed by atoms with Gasteiger partial charge in [-0.1, -0.05) is 25.1 Å². The first-order chi connectivity index (χ1) is 10.7. The third-order valence-corrected chi connectivity index (χ3v) is 3.37. The second-order valence-corrected chi connectivity index (χ2v) is 4.92. The number of hydrogen-bond acceptors (Lipinski definition) is 3. The number of carbonyl (C=O) groups is 1. The van der Waals surface area contributed by atoms with E-state index in [0.717, 1.165) is 23.4 Å². The minimum Gasteiger partial charge on any atom is -0.385 e. The number of hydrogen-bond donors (Lipinski definition) is 2. The minimum absolute atomic E-state index is 0.0120. The standard InChI is InChI=1S/C18H19N3O/c1-2-15-5-3-4-6-17(15)21-18(22)11-12-20-16-9-7-14(13-19)8-10-16/h3-10,20H,2,11-12H2,1H3,(H,21,22). The Hall–Kier alpha value is -2.80. The molecule has 0 heterocycles. The molecule has 0 atom stereocenters. The molecule has 0 spiro atoms. The number of nitriles is 1. The van der Waals surface area contributed by atoms with Gasteiger partial charge in [-0.15, -0.1) is 0 Å². The molecular weight excluding hydrogens is 274 g/mol. The van der Waals surface area contributed by atoms with E-state index in [9.17, 15) is 4.79 Å². The third kappa shape index (κ3) is 4.35. The molecule has 0 aliphatic heterocycles. The van der Waals surface area contributed by atoms with Crippen LogP contribution in [-0.4, -0.2) is 12.5 Å². The van der Waals surface area contributed by atoms with Crippen LogP contribution in [0.1, 0.15) is 24.5 Å². The van der Waals surface area contributed by atoms with E-state index in [4.69, 9.17) is 5.26 Å². The van der Waals surface area contributed by atoms with E-state index in [2.05, 4.69) is 23.6 Å². The number of anilines is 2. The lowest BCUT2D eigenvalue weighted by molar-refractivity contribution is -0.115. The van der Waals surface area contributed by atoms with E-state index in [1.54, 1.807) is 12.1 Å². The van der Waals surface area contributed by atoms with Crippen molar-refractivity contribution in [2.24, 2.45) is 0 Å². The van der Waals surface area contributed by atoms with Gasteiger partial charge in [0.25, 0.3) is 0 Å². The fourth-order valence-electron chi connectivity index (χ4n) is 2.15. The van der Waals surface area contributed by atoms with Crippen molar-refractivity contribution in [1.29, 1.82) is 5.26 Å². The zero-order chi connectivity index (χ0) is 15.8. The largest absolute Gasteiger partial charge is 0.385 e. The second-order valence-electron chi connectivity index (χ2n) is 4.92. The summed E-state index contributed by atoms with van der Waals surface area (Å²) in [4.78, 5) is 12.0. The van der Waals surface area contributed by atoms with Gasteiger partial charge in [-0.25, -0.2) is 0 Å². The zero-order valence-electron chi connectivity index (χ0n) is 12.6. The maximum absolute atomic E-state index is 12.0. The van der Waals surface area contributed by atoms with E-state index in [1.165, 1.54) is 0 Å². The highest BCUT2D eigenvalue weighted by Gasteiger charge is 2.05. The predicted molar refractivity (Wildman–Crippen MR) is 88.7 cm³/mol. The van der Waals surface area contributed by atoms with Gasteiger partial charge in [-0.3, -0.25) is 4.79 Å². The average Bonchev–Trinajstić information content (AvgIpc) is 2.56. The molecule has 0 fully saturated rings. The maximum atomic E-state index is 12.0. The Balaban J connectivity index is 1.81. The molecule has 0 aliphatic rings. The number of para-hydroxylation sites is 1. The van der Waals surface area contributed by atoms with Gasteiger partial charge in [0.2, 0.25) is 5.91 Å². The lowest BCUT2D eigenvalue weighted by atomic mass is 10.1. The molecule has 22 heavy (non-hydrogen) atoms. The SMILES string of the molecule is CCc1ccccc1NC(=O)CCNc1ccc(C#N)cc1. The van der Waals surface area contributed by atoms with E-state index in [1.807, 2.05) is 36.4 Å². The Kier molecular flexibility index (Phi) is 5.56. The fraction of sp³-hybridized carbons (Fsp3) is 0.222. The van der Waals surface area contributed by atoms with Crippen LogP contribution in [0.2, 0.25) is 0 Å². The van der Waals surface area contributed by atoms with Crippen LogP contribution in [0.5, 0.6) is 0 Å². The first-order valence-electron chi connectivity index (χ1n) is 7.34. The zero-order valence-corrected chi connectivity index (χ0v) is 12.6. The van der Waals surface area contributed by atoms with Crippen molar-refractivity contribution in [2.45, 2.75) is 19.8 Å². The first kappa shape index (κ1) is 15.6. The molecule has 4 heteroatoms. The molecule has 2 aromatic carbocycles. The van der Waals surface area contributed by atoms with Crippen LogP contribution in [0.3, 0.4) is 0 Å². The summed E-state index contributed by atoms with van der Waals surface area (Å²) < 4.78 is 0. The number of aryl methyl sites for hydroxylation is 1. The Morgan fingerprint density at radius 2 is 1.86 bits per heavy atom. The lowest BCUT2D eigenvalue weighted by Crippen LogP contribution is -2.17. The number of amides is 1. The quantitative estimate of drug-likeness (QED) is 0.856. The topological polar surface area (TPSA) is 64.9 Å². The molecule has 0 saturated carbocycles. The molecule has 0 aliphatic carbocycles. The maximum Gasteiger partial charge on any atom is 0.226 e. The van der Waals surface area contributed by atoms with Crippen LogP contribution in [0, 0.1) is 11.3 Å². The van der Waals surface area contributed by atoms with Crippen LogP contribution in [0.25, 0.3) is 0 Å². The summed E-state index contributed by atoms with van der Waals surface area (Å²) in [5.41, 5.74) is 3.55. The van der Waals surface area contributed by atoms with E-state index in [0.29, 0.717) is 18.5 Å². The van der Waals surface area contributed by atoms with Crippen LogP contribution >= 0.6 is 0 Å².